The molecule has 2 aliphatic heterocycles. The summed E-state index contributed by atoms with van der Waals surface area (Å²) in [5, 5.41) is 64.4. The number of aliphatic hydroxyl groups is 4. The first kappa shape index (κ1) is 30.2. The Bertz CT molecular complexity index is 1250. The van der Waals surface area contributed by atoms with Crippen LogP contribution in [0.4, 0.5) is 0 Å². The first-order chi connectivity index (χ1) is 18.9. The third-order valence-corrected chi connectivity index (χ3v) is 8.42. The summed E-state index contributed by atoms with van der Waals surface area (Å²) < 4.78 is 17.0. The average Bonchev–Trinajstić information content (AvgIpc) is 2.91. The lowest BCUT2D eigenvalue weighted by molar-refractivity contribution is -0.315. The lowest BCUT2D eigenvalue weighted by Crippen LogP contribution is -2.67. The maximum absolute atomic E-state index is 12.2. The van der Waals surface area contributed by atoms with Crippen LogP contribution in [-0.4, -0.2) is 92.4 Å². The fourth-order valence-corrected chi connectivity index (χ4v) is 5.99. The Labute approximate surface area is 231 Å². The number of Topliss-reactive ketones (excluding diaryl/α,β-unsaturated/α-hetero) is 1. The van der Waals surface area contributed by atoms with Crippen molar-refractivity contribution in [1.29, 1.82) is 0 Å². The van der Waals surface area contributed by atoms with Crippen LogP contribution in [0.25, 0.3) is 10.8 Å². The molecule has 0 amide bonds. The number of phenols is 1. The quantitative estimate of drug-likeness (QED) is 0.246. The maximum atomic E-state index is 12.2. The van der Waals surface area contributed by atoms with Gasteiger partial charge in [0.2, 0.25) is 6.29 Å². The van der Waals surface area contributed by atoms with E-state index in [0.29, 0.717) is 31.1 Å². The number of aliphatic hydroxyl groups excluding tert-OH is 3. The minimum atomic E-state index is -1.99. The van der Waals surface area contributed by atoms with Crippen LogP contribution in [0.1, 0.15) is 65.8 Å². The van der Waals surface area contributed by atoms with Gasteiger partial charge in [0.1, 0.15) is 35.4 Å². The molecule has 0 bridgehead atoms. The van der Waals surface area contributed by atoms with E-state index in [1.54, 1.807) is 6.92 Å². The average molecular weight is 563 g/mol. The zero-order valence-electron chi connectivity index (χ0n) is 22.9. The van der Waals surface area contributed by atoms with Crippen molar-refractivity contribution in [2.24, 2.45) is 11.8 Å². The molecule has 2 aromatic rings. The van der Waals surface area contributed by atoms with Gasteiger partial charge in [-0.2, -0.15) is 0 Å². The van der Waals surface area contributed by atoms with E-state index in [-0.39, 0.29) is 40.0 Å². The van der Waals surface area contributed by atoms with Crippen molar-refractivity contribution in [2.45, 2.75) is 76.7 Å². The number of hydrogen-bond acceptors (Lipinski definition) is 10. The van der Waals surface area contributed by atoms with Gasteiger partial charge in [-0.25, -0.2) is 4.79 Å². The molecular formula is C29H38O11. The molecule has 11 heteroatoms. The van der Waals surface area contributed by atoms with Gasteiger partial charge >= 0.3 is 5.97 Å². The Morgan fingerprint density at radius 3 is 2.45 bits per heavy atom. The topological polar surface area (TPSA) is 183 Å². The summed E-state index contributed by atoms with van der Waals surface area (Å²) in [7, 11) is 0. The van der Waals surface area contributed by atoms with E-state index < -0.39 is 54.3 Å². The van der Waals surface area contributed by atoms with Crippen molar-refractivity contribution in [2.75, 3.05) is 19.8 Å². The molecular weight excluding hydrogens is 524 g/mol. The minimum absolute atomic E-state index is 0.0118. The summed E-state index contributed by atoms with van der Waals surface area (Å²) in [6.07, 6.45) is -4.23. The number of carboxylic acid groups (broad SMARTS) is 1. The van der Waals surface area contributed by atoms with E-state index in [2.05, 4.69) is 6.92 Å². The molecule has 0 saturated carbocycles. The van der Waals surface area contributed by atoms with Gasteiger partial charge in [0.15, 0.2) is 5.78 Å². The molecule has 0 spiro atoms. The fraction of sp³-hybridized carbons (Fsp3) is 0.586. The number of phenolic OH excluding ortho intramolecular Hbond substituents is 1. The number of carbonyl (C=O) groups excluding carboxylic acids is 1. The van der Waals surface area contributed by atoms with Crippen LogP contribution in [0.3, 0.4) is 0 Å². The highest BCUT2D eigenvalue weighted by Gasteiger charge is 2.55. The lowest BCUT2D eigenvalue weighted by atomic mass is 9.76. The zero-order chi connectivity index (χ0) is 29.4. The molecule has 2 fully saturated rings. The SMILES string of the molecule is CC(=O)c1c(C)cc2cc(C(=O)O)cc(OC3OC(CO)C(O)(CCC(C)C4CCOCC4)C(O)C3O)c2c1O. The second-order valence-electron chi connectivity index (χ2n) is 11.0. The Morgan fingerprint density at radius 1 is 1.18 bits per heavy atom. The van der Waals surface area contributed by atoms with Crippen molar-refractivity contribution < 1.29 is 54.4 Å². The predicted octanol–water partition coefficient (Wildman–Crippen LogP) is 2.15. The number of aromatic carboxylic acids is 1. The minimum Gasteiger partial charge on any atom is -0.506 e. The fourth-order valence-electron chi connectivity index (χ4n) is 5.99. The Hall–Kier alpha value is -2.80. The van der Waals surface area contributed by atoms with Crippen molar-refractivity contribution in [3.05, 3.63) is 34.9 Å². The number of ketones is 1. The molecule has 11 nitrogen and oxygen atoms in total. The largest absolute Gasteiger partial charge is 0.506 e. The van der Waals surface area contributed by atoms with Crippen LogP contribution in [0.5, 0.6) is 11.5 Å². The maximum Gasteiger partial charge on any atom is 0.335 e. The first-order valence-electron chi connectivity index (χ1n) is 13.5. The summed E-state index contributed by atoms with van der Waals surface area (Å²) in [5.74, 6) is -1.78. The number of rotatable bonds is 9. The third kappa shape index (κ3) is 5.67. The van der Waals surface area contributed by atoms with Gasteiger partial charge in [0.05, 0.1) is 23.1 Å². The van der Waals surface area contributed by atoms with Crippen LogP contribution in [0.2, 0.25) is 0 Å². The number of carboxylic acids is 1. The monoisotopic (exact) mass is 562 g/mol. The number of ether oxygens (including phenoxy) is 3. The van der Waals surface area contributed by atoms with Crippen molar-refractivity contribution in [3.8, 4) is 11.5 Å². The van der Waals surface area contributed by atoms with E-state index in [0.717, 1.165) is 18.9 Å². The molecule has 4 rings (SSSR count). The van der Waals surface area contributed by atoms with Gasteiger partial charge < -0.3 is 44.8 Å². The molecule has 2 aliphatic rings. The number of fused-ring (bicyclic) bond motifs is 1. The molecule has 0 aliphatic carbocycles. The number of aryl methyl sites for hydroxylation is 1. The van der Waals surface area contributed by atoms with Gasteiger partial charge in [-0.15, -0.1) is 0 Å². The third-order valence-electron chi connectivity index (χ3n) is 8.42. The summed E-state index contributed by atoms with van der Waals surface area (Å²) in [5.41, 5.74) is -1.73. The standard InChI is InChI=1S/C29H38O11/c1-14(17-5-8-38-9-6-17)4-7-29(37)21(13-30)40-28(25(33)26(29)34)39-20-12-19(27(35)36)11-18-10-15(2)22(16(3)31)24(32)23(18)20/h10-12,14,17,21,25-26,28,30,32-34,37H,4-9,13H2,1-3H3,(H,35,36). The molecule has 0 aromatic heterocycles. The highest BCUT2D eigenvalue weighted by molar-refractivity contribution is 6.08. The predicted molar refractivity (Wildman–Crippen MR) is 143 cm³/mol. The van der Waals surface area contributed by atoms with Crippen molar-refractivity contribution in [1.82, 2.24) is 0 Å². The first-order valence-corrected chi connectivity index (χ1v) is 13.5. The number of aromatic hydroxyl groups is 1. The van der Waals surface area contributed by atoms with Crippen molar-refractivity contribution in [3.63, 3.8) is 0 Å². The van der Waals surface area contributed by atoms with Crippen LogP contribution < -0.4 is 4.74 Å². The molecule has 2 heterocycles. The molecule has 6 N–H and O–H groups in total. The molecule has 6 unspecified atom stereocenters. The molecule has 2 aromatic carbocycles. The number of hydrogen-bond donors (Lipinski definition) is 6. The Morgan fingerprint density at radius 2 is 1.85 bits per heavy atom. The van der Waals surface area contributed by atoms with E-state index in [1.807, 2.05) is 0 Å². The molecule has 2 saturated heterocycles. The van der Waals surface area contributed by atoms with Gasteiger partial charge in [0.25, 0.3) is 0 Å². The Balaban J connectivity index is 1.64. The van der Waals surface area contributed by atoms with Crippen LogP contribution in [0, 0.1) is 18.8 Å². The summed E-state index contributed by atoms with van der Waals surface area (Å²) in [4.78, 5) is 24.0. The van der Waals surface area contributed by atoms with Gasteiger partial charge in [-0.1, -0.05) is 13.0 Å². The van der Waals surface area contributed by atoms with E-state index in [1.165, 1.54) is 19.1 Å². The summed E-state index contributed by atoms with van der Waals surface area (Å²) >= 11 is 0. The highest BCUT2D eigenvalue weighted by atomic mass is 16.7. The van der Waals surface area contributed by atoms with Crippen LogP contribution in [0.15, 0.2) is 18.2 Å². The van der Waals surface area contributed by atoms with Crippen molar-refractivity contribution >= 4 is 22.5 Å². The van der Waals surface area contributed by atoms with Crippen LogP contribution >= 0.6 is 0 Å². The second kappa shape index (κ2) is 12.0. The molecule has 220 valence electrons. The normalized spacial score (nSPS) is 28.4. The number of benzene rings is 2. The van der Waals surface area contributed by atoms with E-state index in [9.17, 15) is 40.2 Å². The summed E-state index contributed by atoms with van der Waals surface area (Å²) in [6.45, 7) is 5.58. The van der Waals surface area contributed by atoms with Gasteiger partial charge in [-0.3, -0.25) is 4.79 Å². The summed E-state index contributed by atoms with van der Waals surface area (Å²) in [6, 6.07) is 3.95. The number of carbonyl (C=O) groups is 2. The second-order valence-corrected chi connectivity index (χ2v) is 11.0. The van der Waals surface area contributed by atoms with Crippen LogP contribution in [-0.2, 0) is 9.47 Å². The smallest absolute Gasteiger partial charge is 0.335 e. The molecule has 40 heavy (non-hydrogen) atoms. The molecule has 0 radical (unpaired) electrons. The van der Waals surface area contributed by atoms with Gasteiger partial charge in [-0.05, 0) is 74.4 Å². The van der Waals surface area contributed by atoms with E-state index >= 15 is 0 Å². The zero-order valence-corrected chi connectivity index (χ0v) is 22.9. The highest BCUT2D eigenvalue weighted by Crippen LogP contribution is 2.42. The van der Waals surface area contributed by atoms with Gasteiger partial charge in [0, 0.05) is 13.2 Å². The lowest BCUT2D eigenvalue weighted by Gasteiger charge is -2.48. The molecule has 6 atom stereocenters. The van der Waals surface area contributed by atoms with E-state index in [4.69, 9.17) is 14.2 Å². The Kier molecular flexibility index (Phi) is 9.03.